The molecule has 2 aromatic rings. The van der Waals surface area contributed by atoms with E-state index in [9.17, 15) is 0 Å². The summed E-state index contributed by atoms with van der Waals surface area (Å²) in [5.74, 6) is 0.899. The molecular weight excluding hydrogens is 248 g/mol. The van der Waals surface area contributed by atoms with Crippen molar-refractivity contribution in [2.75, 3.05) is 6.54 Å². The molecule has 0 radical (unpaired) electrons. The summed E-state index contributed by atoms with van der Waals surface area (Å²) in [6, 6.07) is 4.20. The molecule has 0 saturated heterocycles. The molecule has 4 heteroatoms. The van der Waals surface area contributed by atoms with Crippen LogP contribution in [0.5, 0.6) is 0 Å². The fourth-order valence-electron chi connectivity index (χ4n) is 2.22. The van der Waals surface area contributed by atoms with Crippen LogP contribution in [-0.2, 0) is 6.54 Å². The van der Waals surface area contributed by atoms with Gasteiger partial charge in [0.05, 0.1) is 5.69 Å². The van der Waals surface area contributed by atoms with Crippen LogP contribution in [0, 0.1) is 27.7 Å². The number of hydrogen-bond acceptors (Lipinski definition) is 3. The predicted molar refractivity (Wildman–Crippen MR) is 82.3 cm³/mol. The third-order valence-corrected chi connectivity index (χ3v) is 3.79. The molecule has 0 unspecified atom stereocenters. The molecule has 20 heavy (non-hydrogen) atoms. The summed E-state index contributed by atoms with van der Waals surface area (Å²) in [6.45, 7) is 12.4. The summed E-state index contributed by atoms with van der Waals surface area (Å²) in [5, 5.41) is 7.98. The van der Waals surface area contributed by atoms with Crippen LogP contribution in [0.15, 0.2) is 12.1 Å². The van der Waals surface area contributed by atoms with Crippen LogP contribution in [0.3, 0.4) is 0 Å². The second-order valence-electron chi connectivity index (χ2n) is 5.30. The lowest BCUT2D eigenvalue weighted by molar-refractivity contribution is 0.669. The number of rotatable bonds is 5. The quantitative estimate of drug-likeness (QED) is 0.851. The number of nitrogens with one attached hydrogen (secondary N) is 1. The highest BCUT2D eigenvalue weighted by atomic mass is 15.3. The van der Waals surface area contributed by atoms with Crippen molar-refractivity contribution in [1.29, 1.82) is 0 Å². The van der Waals surface area contributed by atoms with Crippen LogP contribution < -0.4 is 5.32 Å². The Morgan fingerprint density at radius 3 is 2.40 bits per heavy atom. The Balaban J connectivity index is 2.26. The highest BCUT2D eigenvalue weighted by molar-refractivity contribution is 5.34. The molecule has 4 nitrogen and oxygen atoms in total. The van der Waals surface area contributed by atoms with E-state index in [4.69, 9.17) is 4.98 Å². The van der Waals surface area contributed by atoms with Crippen molar-refractivity contribution in [2.24, 2.45) is 0 Å². The first-order valence-corrected chi connectivity index (χ1v) is 7.25. The van der Waals surface area contributed by atoms with Gasteiger partial charge in [0.15, 0.2) is 5.82 Å². The topological polar surface area (TPSA) is 42.7 Å². The van der Waals surface area contributed by atoms with Gasteiger partial charge in [-0.2, -0.15) is 5.10 Å². The zero-order valence-corrected chi connectivity index (χ0v) is 13.1. The second-order valence-corrected chi connectivity index (χ2v) is 5.30. The summed E-state index contributed by atoms with van der Waals surface area (Å²) in [7, 11) is 0. The van der Waals surface area contributed by atoms with Gasteiger partial charge in [-0.1, -0.05) is 13.0 Å². The zero-order chi connectivity index (χ0) is 14.7. The molecule has 0 saturated carbocycles. The molecular formula is C16H24N4. The van der Waals surface area contributed by atoms with Crippen molar-refractivity contribution >= 4 is 0 Å². The molecule has 2 rings (SSSR count). The van der Waals surface area contributed by atoms with E-state index in [1.165, 1.54) is 11.1 Å². The van der Waals surface area contributed by atoms with E-state index in [1.54, 1.807) is 0 Å². The molecule has 0 aliphatic heterocycles. The molecule has 1 N–H and O–H groups in total. The lowest BCUT2D eigenvalue weighted by Gasteiger charge is -2.09. The molecule has 2 aromatic heterocycles. The van der Waals surface area contributed by atoms with Crippen molar-refractivity contribution in [1.82, 2.24) is 20.1 Å². The average molecular weight is 272 g/mol. The Kier molecular flexibility index (Phi) is 4.55. The molecule has 0 fully saturated rings. The van der Waals surface area contributed by atoms with Gasteiger partial charge in [0, 0.05) is 17.9 Å². The van der Waals surface area contributed by atoms with E-state index in [0.29, 0.717) is 0 Å². The van der Waals surface area contributed by atoms with Gasteiger partial charge in [-0.15, -0.1) is 0 Å². The van der Waals surface area contributed by atoms with Gasteiger partial charge < -0.3 is 5.32 Å². The molecule has 0 aliphatic rings. The number of hydrogen-bond donors (Lipinski definition) is 1. The Bertz CT molecular complexity index is 599. The fraction of sp³-hybridized carbons (Fsp3) is 0.500. The van der Waals surface area contributed by atoms with Crippen LogP contribution in [-0.4, -0.2) is 21.3 Å². The van der Waals surface area contributed by atoms with E-state index < -0.39 is 0 Å². The molecule has 0 aromatic carbocycles. The summed E-state index contributed by atoms with van der Waals surface area (Å²) in [5.41, 5.74) is 5.77. The minimum absolute atomic E-state index is 0.878. The van der Waals surface area contributed by atoms with Gasteiger partial charge in [0.2, 0.25) is 0 Å². The zero-order valence-electron chi connectivity index (χ0n) is 13.1. The molecule has 0 aliphatic carbocycles. The van der Waals surface area contributed by atoms with Crippen molar-refractivity contribution in [3.63, 3.8) is 0 Å². The first-order chi connectivity index (χ1) is 9.54. The standard InChI is InChI=1S/C16H24N4/c1-6-9-17-10-15-7-8-16(18-13(15)4)20-14(5)11(2)12(3)19-20/h7-8,17H,6,9-10H2,1-5H3. The molecule has 0 spiro atoms. The van der Waals surface area contributed by atoms with Crippen molar-refractivity contribution in [2.45, 2.75) is 47.6 Å². The normalized spacial score (nSPS) is 11.1. The molecule has 0 bridgehead atoms. The van der Waals surface area contributed by atoms with Gasteiger partial charge in [-0.05, 0) is 57.9 Å². The van der Waals surface area contributed by atoms with Gasteiger partial charge in [-0.3, -0.25) is 0 Å². The van der Waals surface area contributed by atoms with Crippen molar-refractivity contribution in [3.8, 4) is 5.82 Å². The van der Waals surface area contributed by atoms with E-state index in [2.05, 4.69) is 50.2 Å². The van der Waals surface area contributed by atoms with Gasteiger partial charge in [0.25, 0.3) is 0 Å². The van der Waals surface area contributed by atoms with Gasteiger partial charge in [-0.25, -0.2) is 9.67 Å². The maximum absolute atomic E-state index is 4.70. The smallest absolute Gasteiger partial charge is 0.153 e. The Labute approximate surface area is 121 Å². The SMILES string of the molecule is CCCNCc1ccc(-n2nc(C)c(C)c2C)nc1C. The molecule has 108 valence electrons. The van der Waals surface area contributed by atoms with Crippen LogP contribution in [0.1, 0.15) is 41.6 Å². The third-order valence-electron chi connectivity index (χ3n) is 3.79. The highest BCUT2D eigenvalue weighted by Crippen LogP contribution is 2.17. The van der Waals surface area contributed by atoms with Crippen LogP contribution >= 0.6 is 0 Å². The van der Waals surface area contributed by atoms with Crippen molar-refractivity contribution in [3.05, 3.63) is 40.3 Å². The Morgan fingerprint density at radius 2 is 1.85 bits per heavy atom. The largest absolute Gasteiger partial charge is 0.313 e. The molecule has 0 atom stereocenters. The number of pyridine rings is 1. The molecule has 2 heterocycles. The lowest BCUT2D eigenvalue weighted by atomic mass is 10.2. The molecule has 0 amide bonds. The average Bonchev–Trinajstić information content (AvgIpc) is 2.68. The number of aryl methyl sites for hydroxylation is 2. The predicted octanol–water partition coefficient (Wildman–Crippen LogP) is 3.00. The Morgan fingerprint density at radius 1 is 1.10 bits per heavy atom. The van der Waals surface area contributed by atoms with Crippen LogP contribution in [0.2, 0.25) is 0 Å². The minimum Gasteiger partial charge on any atom is -0.313 e. The lowest BCUT2D eigenvalue weighted by Crippen LogP contribution is -2.15. The van der Waals surface area contributed by atoms with Gasteiger partial charge >= 0.3 is 0 Å². The second kappa shape index (κ2) is 6.18. The monoisotopic (exact) mass is 272 g/mol. The Hall–Kier alpha value is -1.68. The van der Waals surface area contributed by atoms with Crippen molar-refractivity contribution < 1.29 is 0 Å². The maximum atomic E-state index is 4.70. The van der Waals surface area contributed by atoms with Crippen LogP contribution in [0.4, 0.5) is 0 Å². The number of aromatic nitrogens is 3. The fourth-order valence-corrected chi connectivity index (χ4v) is 2.22. The highest BCUT2D eigenvalue weighted by Gasteiger charge is 2.10. The van der Waals surface area contributed by atoms with E-state index in [0.717, 1.165) is 42.4 Å². The van der Waals surface area contributed by atoms with E-state index in [-0.39, 0.29) is 0 Å². The first kappa shape index (κ1) is 14.7. The summed E-state index contributed by atoms with van der Waals surface area (Å²) in [4.78, 5) is 4.70. The van der Waals surface area contributed by atoms with Crippen LogP contribution in [0.25, 0.3) is 5.82 Å². The minimum atomic E-state index is 0.878. The van der Waals surface area contributed by atoms with Gasteiger partial charge in [0.1, 0.15) is 0 Å². The number of nitrogens with zero attached hydrogens (tertiary/aromatic N) is 3. The first-order valence-electron chi connectivity index (χ1n) is 7.25. The van der Waals surface area contributed by atoms with E-state index >= 15 is 0 Å². The third kappa shape index (κ3) is 2.90. The maximum Gasteiger partial charge on any atom is 0.153 e. The van der Waals surface area contributed by atoms with E-state index in [1.807, 2.05) is 11.6 Å². The summed E-state index contributed by atoms with van der Waals surface area (Å²) < 4.78 is 1.93. The summed E-state index contributed by atoms with van der Waals surface area (Å²) in [6.07, 6.45) is 1.15. The summed E-state index contributed by atoms with van der Waals surface area (Å²) >= 11 is 0.